The first-order valence-electron chi connectivity index (χ1n) is 21.5. The van der Waals surface area contributed by atoms with Gasteiger partial charge in [-0.15, -0.1) is 0 Å². The molecule has 7 unspecified atom stereocenters. The van der Waals surface area contributed by atoms with Gasteiger partial charge in [0.2, 0.25) is 0 Å². The van der Waals surface area contributed by atoms with Crippen LogP contribution in [0.5, 0.6) is 0 Å². The molecule has 8 nitrogen and oxygen atoms in total. The van der Waals surface area contributed by atoms with Gasteiger partial charge in [0.1, 0.15) is 19.3 Å². The zero-order valence-electron chi connectivity index (χ0n) is 34.0. The second-order valence-electron chi connectivity index (χ2n) is 15.9. The van der Waals surface area contributed by atoms with Crippen molar-refractivity contribution in [2.45, 2.75) is 195 Å². The second kappa shape index (κ2) is 27.2. The summed E-state index contributed by atoms with van der Waals surface area (Å²) in [6.07, 6.45) is 22.8. The fraction of sp³-hybridized carbons (Fsp3) is 0.864. The third kappa shape index (κ3) is 18.6. The summed E-state index contributed by atoms with van der Waals surface area (Å²) in [6.45, 7) is 13.2. The summed E-state index contributed by atoms with van der Waals surface area (Å²) in [5, 5.41) is 0. The molecular weight excluding hydrogens is 656 g/mol. The smallest absolute Gasteiger partial charge is 0.306 e. The molecule has 0 aromatic rings. The van der Waals surface area contributed by atoms with E-state index in [1.54, 1.807) is 0 Å². The van der Waals surface area contributed by atoms with Crippen LogP contribution in [0.25, 0.3) is 0 Å². The van der Waals surface area contributed by atoms with Crippen LogP contribution >= 0.6 is 0 Å². The molecule has 0 N–H and O–H groups in total. The highest BCUT2D eigenvalue weighted by atomic mass is 16.6. The topological polar surface area (TPSA) is 105 Å². The Morgan fingerprint density at radius 1 is 0.769 bits per heavy atom. The van der Waals surface area contributed by atoms with Gasteiger partial charge in [-0.3, -0.25) is 19.2 Å². The van der Waals surface area contributed by atoms with Crippen molar-refractivity contribution in [2.24, 2.45) is 35.5 Å². The number of carbonyl (C=O) groups excluding carboxylic acids is 4. The minimum atomic E-state index is -0.792. The van der Waals surface area contributed by atoms with E-state index in [1.807, 2.05) is 0 Å². The first-order chi connectivity index (χ1) is 25.1. The van der Waals surface area contributed by atoms with E-state index in [1.165, 1.54) is 6.42 Å². The van der Waals surface area contributed by atoms with Gasteiger partial charge in [0.25, 0.3) is 0 Å². The van der Waals surface area contributed by atoms with Crippen LogP contribution in [0.3, 0.4) is 0 Å². The van der Waals surface area contributed by atoms with Crippen LogP contribution in [0, 0.1) is 35.5 Å². The van der Waals surface area contributed by atoms with Crippen molar-refractivity contribution >= 4 is 23.9 Å². The number of fused-ring (bicyclic) bond motifs is 6. The number of hydrogen-bond donors (Lipinski definition) is 0. The largest absolute Gasteiger partial charge is 0.462 e. The van der Waals surface area contributed by atoms with Crippen LogP contribution in [0.1, 0.15) is 183 Å². The van der Waals surface area contributed by atoms with Crippen LogP contribution < -0.4 is 0 Å². The number of unbranched alkanes of at least 4 members (excludes halogenated alkanes) is 2. The molecule has 0 aliphatic carbocycles. The van der Waals surface area contributed by atoms with E-state index in [4.69, 9.17) is 18.9 Å². The zero-order chi connectivity index (χ0) is 38.1. The highest BCUT2D eigenvalue weighted by molar-refractivity contribution is 5.71. The maximum absolute atomic E-state index is 12.9. The Bertz CT molecular complexity index is 1040. The Hall–Kier alpha value is -2.38. The van der Waals surface area contributed by atoms with Gasteiger partial charge >= 0.3 is 23.9 Å². The summed E-state index contributed by atoms with van der Waals surface area (Å²) in [7, 11) is 0. The summed E-state index contributed by atoms with van der Waals surface area (Å²) in [5.74, 6) is 2.13. The number of ether oxygens (including phenoxy) is 4. The van der Waals surface area contributed by atoms with E-state index in [-0.39, 0.29) is 43.2 Å². The van der Waals surface area contributed by atoms with E-state index in [9.17, 15) is 19.2 Å². The lowest BCUT2D eigenvalue weighted by Crippen LogP contribution is -2.31. The van der Waals surface area contributed by atoms with E-state index < -0.39 is 6.10 Å². The molecule has 0 aromatic carbocycles. The van der Waals surface area contributed by atoms with Crippen LogP contribution in [-0.4, -0.2) is 49.3 Å². The summed E-state index contributed by atoms with van der Waals surface area (Å²) in [4.78, 5) is 50.8. The Morgan fingerprint density at radius 3 is 2.02 bits per heavy atom. The number of hydrogen-bond acceptors (Lipinski definition) is 8. The maximum Gasteiger partial charge on any atom is 0.306 e. The highest BCUT2D eigenvalue weighted by Crippen LogP contribution is 2.41. The predicted octanol–water partition coefficient (Wildman–Crippen LogP) is 10.9. The molecule has 2 heterocycles. The fourth-order valence-electron chi connectivity index (χ4n) is 8.51. The second-order valence-corrected chi connectivity index (χ2v) is 15.9. The van der Waals surface area contributed by atoms with Crippen molar-refractivity contribution in [2.75, 3.05) is 13.2 Å². The summed E-state index contributed by atoms with van der Waals surface area (Å²) in [5.41, 5.74) is 0. The summed E-state index contributed by atoms with van der Waals surface area (Å²) < 4.78 is 22.4. The average Bonchev–Trinajstić information content (AvgIpc) is 3.13. The molecule has 2 saturated heterocycles. The Morgan fingerprint density at radius 2 is 1.38 bits per heavy atom. The lowest BCUT2D eigenvalue weighted by Gasteiger charge is -2.36. The molecule has 52 heavy (non-hydrogen) atoms. The van der Waals surface area contributed by atoms with Crippen molar-refractivity contribution < 1.29 is 38.1 Å². The molecule has 0 spiro atoms. The SMILES string of the molecule is CCCCC1CCCC(=O)OCC2COC(=O)CCCC(C(C)C/C=C/CCCC(=O)OC(CC)CC)CC(CC)C(CC)CC1CCCC(=O)O2. The van der Waals surface area contributed by atoms with Crippen LogP contribution in [0.15, 0.2) is 12.2 Å². The first kappa shape index (κ1) is 45.8. The normalized spacial score (nSPS) is 27.2. The van der Waals surface area contributed by atoms with Crippen LogP contribution in [0.4, 0.5) is 0 Å². The van der Waals surface area contributed by atoms with Gasteiger partial charge in [0, 0.05) is 25.7 Å². The minimum absolute atomic E-state index is 0.0271. The molecule has 2 aliphatic rings. The lowest BCUT2D eigenvalue weighted by atomic mass is 9.69. The molecule has 300 valence electrons. The van der Waals surface area contributed by atoms with Gasteiger partial charge in [-0.25, -0.2) is 0 Å². The quantitative estimate of drug-likeness (QED) is 0.0709. The molecule has 2 aliphatic heterocycles. The lowest BCUT2D eigenvalue weighted by molar-refractivity contribution is -0.167. The monoisotopic (exact) mass is 733 g/mol. The first-order valence-corrected chi connectivity index (χ1v) is 21.5. The summed E-state index contributed by atoms with van der Waals surface area (Å²) in [6, 6.07) is 0. The molecule has 8 heteroatoms. The molecule has 0 saturated carbocycles. The number of carbonyl (C=O) groups is 4. The Labute approximate surface area is 317 Å². The van der Waals surface area contributed by atoms with Crippen molar-refractivity contribution in [1.82, 2.24) is 0 Å². The molecule has 2 bridgehead atoms. The highest BCUT2D eigenvalue weighted by Gasteiger charge is 2.31. The minimum Gasteiger partial charge on any atom is -0.462 e. The van der Waals surface area contributed by atoms with Crippen molar-refractivity contribution in [3.63, 3.8) is 0 Å². The number of esters is 4. The molecule has 0 radical (unpaired) electrons. The average molecular weight is 733 g/mol. The fourth-order valence-corrected chi connectivity index (χ4v) is 8.51. The van der Waals surface area contributed by atoms with E-state index >= 15 is 0 Å². The Kier molecular flexibility index (Phi) is 24.0. The predicted molar refractivity (Wildman–Crippen MR) is 207 cm³/mol. The van der Waals surface area contributed by atoms with Gasteiger partial charge in [-0.1, -0.05) is 85.8 Å². The molecule has 2 rings (SSSR count). The molecule has 2 fully saturated rings. The van der Waals surface area contributed by atoms with E-state index in [0.29, 0.717) is 61.2 Å². The van der Waals surface area contributed by atoms with Gasteiger partial charge in [-0.05, 0) is 119 Å². The van der Waals surface area contributed by atoms with Gasteiger partial charge < -0.3 is 18.9 Å². The summed E-state index contributed by atoms with van der Waals surface area (Å²) >= 11 is 0. The zero-order valence-corrected chi connectivity index (χ0v) is 34.0. The van der Waals surface area contributed by atoms with Gasteiger partial charge in [-0.2, -0.15) is 0 Å². The van der Waals surface area contributed by atoms with Crippen LogP contribution in [0.2, 0.25) is 0 Å². The van der Waals surface area contributed by atoms with Gasteiger partial charge in [0.05, 0.1) is 0 Å². The van der Waals surface area contributed by atoms with Crippen molar-refractivity contribution in [1.29, 1.82) is 0 Å². The van der Waals surface area contributed by atoms with E-state index in [2.05, 4.69) is 53.7 Å². The maximum atomic E-state index is 12.9. The third-order valence-electron chi connectivity index (χ3n) is 12.0. The molecular formula is C44H76O8. The third-order valence-corrected chi connectivity index (χ3v) is 12.0. The number of rotatable bonds is 15. The standard InChI is InChI=1S/C44H76O8/c1-7-12-21-36-22-17-26-41(45)49-31-40-32-50-42(46)27-18-23-37(33(6)20-15-13-14-16-25-43(47)51-39(10-4)11-5)29-34(8-2)35(9-3)30-38(36)24-19-28-44(48)52-40/h13,15,33-40H,7-12,14,16-32H2,1-6H3/b15-13+. The van der Waals surface area contributed by atoms with E-state index in [0.717, 1.165) is 109 Å². The molecule has 7 atom stereocenters. The van der Waals surface area contributed by atoms with Crippen LogP contribution in [-0.2, 0) is 38.1 Å². The molecule has 0 amide bonds. The van der Waals surface area contributed by atoms with Gasteiger partial charge in [0.15, 0.2) is 6.10 Å². The number of allylic oxidation sites excluding steroid dienone is 2. The Balaban J connectivity index is 2.26. The van der Waals surface area contributed by atoms with Crippen molar-refractivity contribution in [3.05, 3.63) is 12.2 Å². The molecule has 0 aromatic heterocycles. The number of cyclic esters (lactones) is 2. The van der Waals surface area contributed by atoms with Crippen molar-refractivity contribution in [3.8, 4) is 0 Å².